The molecule has 9 nitrogen and oxygen atoms in total. The molecule has 0 radical (unpaired) electrons. The summed E-state index contributed by atoms with van der Waals surface area (Å²) in [7, 11) is 3.81. The van der Waals surface area contributed by atoms with Gasteiger partial charge in [0.15, 0.2) is 0 Å². The van der Waals surface area contributed by atoms with Gasteiger partial charge in [-0.15, -0.1) is 0 Å². The van der Waals surface area contributed by atoms with Crippen LogP contribution in [0.1, 0.15) is 36.0 Å². The Hall–Kier alpha value is -4.47. The van der Waals surface area contributed by atoms with Crippen molar-refractivity contribution in [3.05, 3.63) is 95.7 Å². The largest absolute Gasteiger partial charge is 0.496 e. The van der Waals surface area contributed by atoms with E-state index in [2.05, 4.69) is 86.3 Å². The SMILES string of the molecule is COc1ccc2cc1CN(C)CCCNC(=O)[C@@H]1CCCN1Cc1cc(NCCc3ccccc3)cc(c1)Nc1nccc-2n1. The van der Waals surface area contributed by atoms with E-state index in [4.69, 9.17) is 9.72 Å². The molecule has 3 heterocycles. The van der Waals surface area contributed by atoms with Gasteiger partial charge in [-0.3, -0.25) is 9.69 Å². The zero-order valence-electron chi connectivity index (χ0n) is 26.3. The van der Waals surface area contributed by atoms with Crippen molar-refractivity contribution in [1.82, 2.24) is 25.1 Å². The molecular weight excluding hydrogens is 562 g/mol. The number of carbonyl (C=O) groups is 1. The predicted octanol–water partition coefficient (Wildman–Crippen LogP) is 5.47. The van der Waals surface area contributed by atoms with Gasteiger partial charge in [0, 0.05) is 54.9 Å². The van der Waals surface area contributed by atoms with Crippen LogP contribution in [0.3, 0.4) is 0 Å². The lowest BCUT2D eigenvalue weighted by Gasteiger charge is -2.25. The maximum atomic E-state index is 13.3. The number of amides is 1. The number of aromatic nitrogens is 2. The Balaban J connectivity index is 1.31. The summed E-state index contributed by atoms with van der Waals surface area (Å²) in [5, 5.41) is 10.3. The topological polar surface area (TPSA) is 94.7 Å². The van der Waals surface area contributed by atoms with Crippen LogP contribution in [0.15, 0.2) is 79.0 Å². The Bertz CT molecular complexity index is 1600. The number of fused-ring (bicyclic) bond motifs is 8. The van der Waals surface area contributed by atoms with E-state index in [0.29, 0.717) is 19.0 Å². The molecule has 3 aromatic carbocycles. The van der Waals surface area contributed by atoms with Gasteiger partial charge in [-0.2, -0.15) is 0 Å². The van der Waals surface area contributed by atoms with Crippen molar-refractivity contribution in [2.75, 3.05) is 51.0 Å². The summed E-state index contributed by atoms with van der Waals surface area (Å²) < 4.78 is 5.69. The first-order valence-electron chi connectivity index (χ1n) is 15.9. The van der Waals surface area contributed by atoms with Gasteiger partial charge in [-0.05, 0) is 99.4 Å². The molecule has 0 aliphatic carbocycles. The molecule has 1 fully saturated rings. The van der Waals surface area contributed by atoms with Gasteiger partial charge in [0.2, 0.25) is 11.9 Å². The Kier molecular flexibility index (Phi) is 9.87. The summed E-state index contributed by atoms with van der Waals surface area (Å²) in [6.07, 6.45) is 5.48. The molecule has 0 spiro atoms. The van der Waals surface area contributed by atoms with Crippen LogP contribution in [0.2, 0.25) is 0 Å². The van der Waals surface area contributed by atoms with E-state index >= 15 is 0 Å². The minimum Gasteiger partial charge on any atom is -0.496 e. The van der Waals surface area contributed by atoms with Gasteiger partial charge >= 0.3 is 0 Å². The third-order valence-corrected chi connectivity index (χ3v) is 8.57. The van der Waals surface area contributed by atoms with Crippen LogP contribution in [0, 0.1) is 0 Å². The number of nitrogens with one attached hydrogen (secondary N) is 3. The number of rotatable bonds is 5. The summed E-state index contributed by atoms with van der Waals surface area (Å²) in [4.78, 5) is 27.3. The molecule has 6 rings (SSSR count). The van der Waals surface area contributed by atoms with Crippen molar-refractivity contribution in [2.45, 2.75) is 44.8 Å². The Morgan fingerprint density at radius 3 is 2.76 bits per heavy atom. The molecular formula is C36H43N7O2. The van der Waals surface area contributed by atoms with Gasteiger partial charge in [0.1, 0.15) is 5.75 Å². The fraction of sp³-hybridized carbons (Fsp3) is 0.361. The van der Waals surface area contributed by atoms with Crippen LogP contribution in [0.25, 0.3) is 11.3 Å². The van der Waals surface area contributed by atoms with Gasteiger partial charge < -0.3 is 25.6 Å². The highest BCUT2D eigenvalue weighted by molar-refractivity contribution is 5.82. The number of hydrogen-bond acceptors (Lipinski definition) is 8. The van der Waals surface area contributed by atoms with Crippen LogP contribution in [0.4, 0.5) is 17.3 Å². The van der Waals surface area contributed by atoms with E-state index in [-0.39, 0.29) is 11.9 Å². The first-order chi connectivity index (χ1) is 22.0. The maximum absolute atomic E-state index is 13.3. The highest BCUT2D eigenvalue weighted by Gasteiger charge is 2.30. The molecule has 0 saturated carbocycles. The molecule has 1 aromatic heterocycles. The summed E-state index contributed by atoms with van der Waals surface area (Å²) in [6.45, 7) is 4.64. The molecule has 4 aromatic rings. The second-order valence-electron chi connectivity index (χ2n) is 12.0. The monoisotopic (exact) mass is 605 g/mol. The highest BCUT2D eigenvalue weighted by atomic mass is 16.5. The number of benzene rings is 3. The van der Waals surface area contributed by atoms with E-state index in [0.717, 1.165) is 91.4 Å². The van der Waals surface area contributed by atoms with Crippen LogP contribution in [-0.4, -0.2) is 72.1 Å². The van der Waals surface area contributed by atoms with Crippen molar-refractivity contribution in [3.63, 3.8) is 0 Å². The quantitative estimate of drug-likeness (QED) is 0.276. The molecule has 1 atom stereocenters. The summed E-state index contributed by atoms with van der Waals surface area (Å²) in [5.74, 6) is 1.50. The summed E-state index contributed by atoms with van der Waals surface area (Å²) in [5.41, 5.74) is 7.28. The van der Waals surface area contributed by atoms with Crippen molar-refractivity contribution >= 4 is 23.2 Å². The normalized spacial score (nSPS) is 17.9. The third-order valence-electron chi connectivity index (χ3n) is 8.57. The van der Waals surface area contributed by atoms with Crippen molar-refractivity contribution in [1.29, 1.82) is 0 Å². The lowest BCUT2D eigenvalue weighted by Crippen LogP contribution is -2.43. The minimum absolute atomic E-state index is 0.119. The average Bonchev–Trinajstić information content (AvgIpc) is 3.51. The van der Waals surface area contributed by atoms with Crippen LogP contribution >= 0.6 is 0 Å². The van der Waals surface area contributed by atoms with Crippen LogP contribution < -0.4 is 20.7 Å². The van der Waals surface area contributed by atoms with Crippen molar-refractivity contribution < 1.29 is 9.53 Å². The molecule has 6 bridgehead atoms. The zero-order valence-corrected chi connectivity index (χ0v) is 26.3. The summed E-state index contributed by atoms with van der Waals surface area (Å²) in [6, 6.07) is 25.0. The fourth-order valence-corrected chi connectivity index (χ4v) is 6.32. The Morgan fingerprint density at radius 2 is 1.89 bits per heavy atom. The van der Waals surface area contributed by atoms with Crippen LogP contribution in [0.5, 0.6) is 5.75 Å². The van der Waals surface area contributed by atoms with Gasteiger partial charge in [-0.1, -0.05) is 30.3 Å². The second-order valence-corrected chi connectivity index (χ2v) is 12.0. The van der Waals surface area contributed by atoms with Gasteiger partial charge in [0.25, 0.3) is 0 Å². The number of anilines is 3. The lowest BCUT2D eigenvalue weighted by molar-refractivity contribution is -0.125. The number of hydrogen-bond donors (Lipinski definition) is 3. The molecule has 1 amide bonds. The summed E-state index contributed by atoms with van der Waals surface area (Å²) >= 11 is 0. The first-order valence-corrected chi connectivity index (χ1v) is 15.9. The molecule has 3 N–H and O–H groups in total. The fourth-order valence-electron chi connectivity index (χ4n) is 6.32. The molecule has 45 heavy (non-hydrogen) atoms. The third kappa shape index (κ3) is 7.98. The van der Waals surface area contributed by atoms with Gasteiger partial charge in [0.05, 0.1) is 18.8 Å². The standard InChI is InChI=1S/C36H43N7O2/c1-42-18-7-15-38-35(44)33-10-6-19-43(33)24-27-20-30(37-16-13-26-8-4-3-5-9-26)23-31(21-27)40-36-39-17-14-32(41-36)28-11-12-34(45-2)29(22-28)25-42/h3-5,8-9,11-12,14,17,20-23,33,37H,6-7,10,13,15-16,18-19,24-25H2,1-2H3,(H,38,44)(H,39,40,41)/t33-/m0/s1. The van der Waals surface area contributed by atoms with E-state index in [9.17, 15) is 4.79 Å². The highest BCUT2D eigenvalue weighted by Crippen LogP contribution is 2.29. The Morgan fingerprint density at radius 1 is 1.00 bits per heavy atom. The number of nitrogens with zero attached hydrogens (tertiary/aromatic N) is 4. The van der Waals surface area contributed by atoms with Gasteiger partial charge in [-0.25, -0.2) is 9.97 Å². The second kappa shape index (κ2) is 14.5. The number of ether oxygens (including phenoxy) is 1. The first kappa shape index (κ1) is 30.6. The zero-order chi connectivity index (χ0) is 31.0. The van der Waals surface area contributed by atoms with E-state index < -0.39 is 0 Å². The van der Waals surface area contributed by atoms with Crippen molar-refractivity contribution in [3.8, 4) is 17.0 Å². The Labute approximate surface area is 266 Å². The predicted molar refractivity (Wildman–Crippen MR) is 180 cm³/mol. The van der Waals surface area contributed by atoms with Crippen LogP contribution in [-0.2, 0) is 24.3 Å². The molecule has 234 valence electrons. The average molecular weight is 606 g/mol. The molecule has 2 aliphatic heterocycles. The lowest BCUT2D eigenvalue weighted by atomic mass is 10.1. The number of carbonyl (C=O) groups excluding carboxylic acids is 1. The molecule has 9 heteroatoms. The van der Waals surface area contributed by atoms with E-state index in [1.54, 1.807) is 13.3 Å². The molecule has 1 saturated heterocycles. The van der Waals surface area contributed by atoms with Crippen molar-refractivity contribution in [2.24, 2.45) is 0 Å². The van der Waals surface area contributed by atoms with E-state index in [1.807, 2.05) is 24.3 Å². The molecule has 2 aliphatic rings. The minimum atomic E-state index is -0.119. The maximum Gasteiger partial charge on any atom is 0.237 e. The number of methoxy groups -OCH3 is 1. The van der Waals surface area contributed by atoms with E-state index in [1.165, 1.54) is 5.56 Å². The molecule has 0 unspecified atom stereocenters. The smallest absolute Gasteiger partial charge is 0.237 e.